The molecule has 0 radical (unpaired) electrons. The second-order valence-corrected chi connectivity index (χ2v) is 3.72. The van der Waals surface area contributed by atoms with Gasteiger partial charge in [0.2, 0.25) is 0 Å². The number of halogens is 1. The van der Waals surface area contributed by atoms with E-state index in [4.69, 9.17) is 5.11 Å². The van der Waals surface area contributed by atoms with Crippen LogP contribution in [0.25, 0.3) is 11.4 Å². The molecule has 1 aromatic carbocycles. The van der Waals surface area contributed by atoms with E-state index in [1.165, 1.54) is 6.07 Å². The third-order valence-corrected chi connectivity index (χ3v) is 2.37. The Hall–Kier alpha value is -2.17. The van der Waals surface area contributed by atoms with Crippen LogP contribution >= 0.6 is 0 Å². The molecule has 0 spiro atoms. The molecule has 0 aliphatic carbocycles. The molecule has 0 saturated heterocycles. The molecule has 0 aliphatic rings. The van der Waals surface area contributed by atoms with Crippen molar-refractivity contribution in [3.05, 3.63) is 42.0 Å². The monoisotopic (exact) mass is 234 g/mol. The predicted molar refractivity (Wildman–Crippen MR) is 59.9 cm³/mol. The van der Waals surface area contributed by atoms with Crippen LogP contribution in [0.2, 0.25) is 0 Å². The topological polar surface area (TPSA) is 55.1 Å². The van der Waals surface area contributed by atoms with Crippen molar-refractivity contribution in [2.45, 2.75) is 6.42 Å². The van der Waals surface area contributed by atoms with Gasteiger partial charge in [0, 0.05) is 13.2 Å². The maximum atomic E-state index is 13.6. The summed E-state index contributed by atoms with van der Waals surface area (Å²) in [6.07, 6.45) is 1.43. The van der Waals surface area contributed by atoms with E-state index in [1.54, 1.807) is 36.0 Å². The van der Waals surface area contributed by atoms with Gasteiger partial charge in [0.05, 0.1) is 17.7 Å². The number of carboxylic acid groups (broad SMARTS) is 1. The van der Waals surface area contributed by atoms with Crippen LogP contribution < -0.4 is 0 Å². The quantitative estimate of drug-likeness (QED) is 0.881. The first-order valence-electron chi connectivity index (χ1n) is 5.07. The number of rotatable bonds is 3. The zero-order chi connectivity index (χ0) is 12.4. The van der Waals surface area contributed by atoms with Crippen LogP contribution in [0.1, 0.15) is 5.69 Å². The van der Waals surface area contributed by atoms with Crippen LogP contribution in [0, 0.1) is 5.82 Å². The molecule has 0 unspecified atom stereocenters. The second kappa shape index (κ2) is 4.37. The first-order valence-corrected chi connectivity index (χ1v) is 5.07. The van der Waals surface area contributed by atoms with Crippen LogP contribution in [-0.2, 0) is 18.3 Å². The van der Waals surface area contributed by atoms with Crippen molar-refractivity contribution in [1.29, 1.82) is 0 Å². The highest BCUT2D eigenvalue weighted by atomic mass is 19.1. The number of aryl methyl sites for hydroxylation is 1. The number of carbonyl (C=O) groups is 1. The van der Waals surface area contributed by atoms with Gasteiger partial charge in [-0.3, -0.25) is 4.79 Å². The lowest BCUT2D eigenvalue weighted by Gasteiger charge is -2.01. The van der Waals surface area contributed by atoms with E-state index in [1.807, 2.05) is 0 Å². The van der Waals surface area contributed by atoms with Gasteiger partial charge in [-0.2, -0.15) is 0 Å². The number of imidazole rings is 1. The predicted octanol–water partition coefficient (Wildman–Crippen LogP) is 1.85. The van der Waals surface area contributed by atoms with Crippen LogP contribution in [-0.4, -0.2) is 20.6 Å². The lowest BCUT2D eigenvalue weighted by Crippen LogP contribution is -1.99. The number of hydrogen-bond acceptors (Lipinski definition) is 2. The summed E-state index contributed by atoms with van der Waals surface area (Å²) in [6, 6.07) is 6.27. The molecular weight excluding hydrogens is 223 g/mol. The largest absolute Gasteiger partial charge is 0.481 e. The van der Waals surface area contributed by atoms with E-state index in [2.05, 4.69) is 4.98 Å². The number of nitrogens with zero attached hydrogens (tertiary/aromatic N) is 2. The Morgan fingerprint density at radius 3 is 2.82 bits per heavy atom. The molecule has 1 N–H and O–H groups in total. The highest BCUT2D eigenvalue weighted by Gasteiger charge is 2.12. The molecule has 1 heterocycles. The molecule has 17 heavy (non-hydrogen) atoms. The fraction of sp³-hybridized carbons (Fsp3) is 0.167. The smallest absolute Gasteiger partial charge is 0.309 e. The van der Waals surface area contributed by atoms with E-state index in [-0.39, 0.29) is 12.2 Å². The maximum absolute atomic E-state index is 13.6. The Balaban J connectivity index is 2.43. The summed E-state index contributed by atoms with van der Waals surface area (Å²) in [7, 11) is 1.71. The number of carboxylic acids is 1. The fourth-order valence-corrected chi connectivity index (χ4v) is 1.66. The van der Waals surface area contributed by atoms with E-state index < -0.39 is 5.97 Å². The minimum Gasteiger partial charge on any atom is -0.481 e. The summed E-state index contributed by atoms with van der Waals surface area (Å²) >= 11 is 0. The summed E-state index contributed by atoms with van der Waals surface area (Å²) in [6.45, 7) is 0. The van der Waals surface area contributed by atoms with E-state index in [0.29, 0.717) is 17.1 Å². The molecule has 0 fully saturated rings. The third kappa shape index (κ3) is 2.33. The first kappa shape index (κ1) is 11.3. The second-order valence-electron chi connectivity index (χ2n) is 3.72. The Morgan fingerprint density at radius 1 is 1.47 bits per heavy atom. The van der Waals surface area contributed by atoms with Crippen LogP contribution in [0.3, 0.4) is 0 Å². The van der Waals surface area contributed by atoms with Crippen molar-refractivity contribution in [2.75, 3.05) is 0 Å². The van der Waals surface area contributed by atoms with Gasteiger partial charge < -0.3 is 9.67 Å². The van der Waals surface area contributed by atoms with Crippen molar-refractivity contribution in [2.24, 2.45) is 7.05 Å². The Kier molecular flexibility index (Phi) is 2.91. The number of hydrogen-bond donors (Lipinski definition) is 1. The van der Waals surface area contributed by atoms with E-state index in [9.17, 15) is 9.18 Å². The maximum Gasteiger partial charge on any atom is 0.309 e. The Morgan fingerprint density at radius 2 is 2.18 bits per heavy atom. The normalized spacial score (nSPS) is 10.5. The van der Waals surface area contributed by atoms with Crippen LogP contribution in [0.5, 0.6) is 0 Å². The molecular formula is C12H11FN2O2. The van der Waals surface area contributed by atoms with Gasteiger partial charge in [0.25, 0.3) is 0 Å². The van der Waals surface area contributed by atoms with Crippen LogP contribution in [0.15, 0.2) is 30.5 Å². The minimum absolute atomic E-state index is 0.164. The molecule has 0 atom stereocenters. The van der Waals surface area contributed by atoms with Crippen molar-refractivity contribution in [3.8, 4) is 11.4 Å². The molecule has 0 bridgehead atoms. The van der Waals surface area contributed by atoms with Gasteiger partial charge >= 0.3 is 5.97 Å². The number of benzene rings is 1. The molecule has 5 heteroatoms. The van der Waals surface area contributed by atoms with Gasteiger partial charge in [-0.25, -0.2) is 9.37 Å². The molecule has 0 aliphatic heterocycles. The first-order chi connectivity index (χ1) is 8.08. The van der Waals surface area contributed by atoms with Gasteiger partial charge in [-0.1, -0.05) is 12.1 Å². The molecule has 88 valence electrons. The molecule has 4 nitrogen and oxygen atoms in total. The molecule has 0 amide bonds. The van der Waals surface area contributed by atoms with Crippen molar-refractivity contribution in [1.82, 2.24) is 9.55 Å². The average molecular weight is 234 g/mol. The fourth-order valence-electron chi connectivity index (χ4n) is 1.66. The zero-order valence-electron chi connectivity index (χ0n) is 9.22. The minimum atomic E-state index is -0.955. The van der Waals surface area contributed by atoms with Gasteiger partial charge in [-0.05, 0) is 12.1 Å². The highest BCUT2D eigenvalue weighted by molar-refractivity contribution is 5.70. The van der Waals surface area contributed by atoms with Crippen molar-refractivity contribution in [3.63, 3.8) is 0 Å². The van der Waals surface area contributed by atoms with E-state index >= 15 is 0 Å². The summed E-state index contributed by atoms with van der Waals surface area (Å²) < 4.78 is 15.2. The Bertz CT molecular complexity index is 563. The lowest BCUT2D eigenvalue weighted by atomic mass is 10.2. The lowest BCUT2D eigenvalue weighted by molar-refractivity contribution is -0.136. The standard InChI is InChI=1S/C12H11FN2O2/c1-15-7-8(6-11(16)17)14-12(15)9-4-2-3-5-10(9)13/h2-5,7H,6H2,1H3,(H,16,17). The Labute approximate surface area is 97.3 Å². The summed E-state index contributed by atoms with van der Waals surface area (Å²) in [5, 5.41) is 8.67. The highest BCUT2D eigenvalue weighted by Crippen LogP contribution is 2.21. The van der Waals surface area contributed by atoms with Crippen molar-refractivity contribution < 1.29 is 14.3 Å². The third-order valence-electron chi connectivity index (χ3n) is 2.37. The SMILES string of the molecule is Cn1cc(CC(=O)O)nc1-c1ccccc1F. The van der Waals surface area contributed by atoms with Crippen molar-refractivity contribution >= 4 is 5.97 Å². The van der Waals surface area contributed by atoms with Gasteiger partial charge in [0.1, 0.15) is 11.6 Å². The summed E-state index contributed by atoms with van der Waals surface area (Å²) in [4.78, 5) is 14.7. The van der Waals surface area contributed by atoms with E-state index in [0.717, 1.165) is 0 Å². The average Bonchev–Trinajstić information content (AvgIpc) is 2.59. The summed E-state index contributed by atoms with van der Waals surface area (Å²) in [5.41, 5.74) is 0.782. The van der Waals surface area contributed by atoms with Gasteiger partial charge in [-0.15, -0.1) is 0 Å². The zero-order valence-corrected chi connectivity index (χ0v) is 9.22. The van der Waals surface area contributed by atoms with Gasteiger partial charge in [0.15, 0.2) is 0 Å². The molecule has 1 aromatic heterocycles. The summed E-state index contributed by atoms with van der Waals surface area (Å²) in [5.74, 6) is -0.898. The number of aromatic nitrogens is 2. The molecule has 0 saturated carbocycles. The molecule has 2 aromatic rings. The number of aliphatic carboxylic acids is 1. The van der Waals surface area contributed by atoms with Crippen LogP contribution in [0.4, 0.5) is 4.39 Å². The molecule has 2 rings (SSSR count).